The molecule has 0 unspecified atom stereocenters. The minimum Gasteiger partial charge on any atom is -0.357 e. The highest BCUT2D eigenvalue weighted by molar-refractivity contribution is 9.10. The summed E-state index contributed by atoms with van der Waals surface area (Å²) in [5, 5.41) is 0. The third-order valence-electron chi connectivity index (χ3n) is 2.39. The van der Waals surface area contributed by atoms with Crippen LogP contribution in [0.4, 0.5) is 5.82 Å². The van der Waals surface area contributed by atoms with Crippen LogP contribution in [0.5, 0.6) is 0 Å². The van der Waals surface area contributed by atoms with Gasteiger partial charge in [0.15, 0.2) is 0 Å². The average Bonchev–Trinajstić information content (AvgIpc) is 2.20. The number of rotatable bonds is 1. The van der Waals surface area contributed by atoms with Crippen LogP contribution in [0.2, 0.25) is 0 Å². The van der Waals surface area contributed by atoms with E-state index in [0.29, 0.717) is 0 Å². The summed E-state index contributed by atoms with van der Waals surface area (Å²) >= 11 is 3.39. The van der Waals surface area contributed by atoms with Crippen molar-refractivity contribution >= 4 is 38.7 Å². The molecule has 1 aromatic heterocycles. The van der Waals surface area contributed by atoms with E-state index in [2.05, 4.69) is 37.9 Å². The van der Waals surface area contributed by atoms with Crippen molar-refractivity contribution in [2.45, 2.75) is 19.3 Å². The second-order valence-electron chi connectivity index (χ2n) is 3.38. The van der Waals surface area contributed by atoms with E-state index >= 15 is 0 Å². The van der Waals surface area contributed by atoms with Crippen LogP contribution in [0.15, 0.2) is 22.8 Å². The van der Waals surface area contributed by atoms with Gasteiger partial charge >= 0.3 is 0 Å². The Morgan fingerprint density at radius 3 is 2.43 bits per heavy atom. The van der Waals surface area contributed by atoms with E-state index in [0.717, 1.165) is 23.4 Å². The Hall–Kier alpha value is -0.0900. The largest absolute Gasteiger partial charge is 0.357 e. The molecule has 0 aliphatic carbocycles. The van der Waals surface area contributed by atoms with Crippen molar-refractivity contribution in [1.82, 2.24) is 4.98 Å². The Balaban J connectivity index is 0.000000980. The van der Waals surface area contributed by atoms with Gasteiger partial charge in [-0.3, -0.25) is 0 Å². The van der Waals surface area contributed by atoms with Crippen molar-refractivity contribution in [2.75, 3.05) is 18.0 Å². The van der Waals surface area contributed by atoms with Crippen LogP contribution < -0.4 is 4.90 Å². The van der Waals surface area contributed by atoms with Gasteiger partial charge in [-0.1, -0.05) is 0 Å². The van der Waals surface area contributed by atoms with Crippen LogP contribution in [0.3, 0.4) is 0 Å². The fourth-order valence-electron chi connectivity index (χ4n) is 1.68. The predicted molar refractivity (Wildman–Crippen MR) is 68.3 cm³/mol. The van der Waals surface area contributed by atoms with E-state index in [4.69, 9.17) is 0 Å². The smallest absolute Gasteiger partial charge is 0.128 e. The zero-order valence-corrected chi connectivity index (χ0v) is 11.2. The first kappa shape index (κ1) is 12.0. The Bertz CT molecular complexity index is 268. The molecule has 78 valence electrons. The van der Waals surface area contributed by atoms with E-state index in [9.17, 15) is 0 Å². The maximum absolute atomic E-state index is 4.38. The lowest BCUT2D eigenvalue weighted by Gasteiger charge is -2.27. The number of pyridine rings is 1. The third-order valence-corrected chi connectivity index (χ3v) is 2.86. The Morgan fingerprint density at radius 1 is 1.14 bits per heavy atom. The maximum Gasteiger partial charge on any atom is 0.128 e. The van der Waals surface area contributed by atoms with Gasteiger partial charge in [0.2, 0.25) is 0 Å². The van der Waals surface area contributed by atoms with E-state index < -0.39 is 0 Å². The van der Waals surface area contributed by atoms with E-state index in [1.165, 1.54) is 19.3 Å². The maximum atomic E-state index is 4.38. The third kappa shape index (κ3) is 2.95. The van der Waals surface area contributed by atoms with Gasteiger partial charge in [-0.25, -0.2) is 4.98 Å². The summed E-state index contributed by atoms with van der Waals surface area (Å²) in [6.07, 6.45) is 5.84. The molecule has 1 saturated heterocycles. The topological polar surface area (TPSA) is 16.1 Å². The molecule has 0 N–H and O–H groups in total. The summed E-state index contributed by atoms with van der Waals surface area (Å²) in [6, 6.07) is 4.13. The fourth-order valence-corrected chi connectivity index (χ4v) is 1.91. The molecule has 1 aromatic rings. The highest BCUT2D eigenvalue weighted by Gasteiger charge is 2.10. The van der Waals surface area contributed by atoms with Crippen molar-refractivity contribution in [3.05, 3.63) is 22.8 Å². The summed E-state index contributed by atoms with van der Waals surface area (Å²) in [6.45, 7) is 2.32. The monoisotopic (exact) mass is 320 g/mol. The van der Waals surface area contributed by atoms with Crippen LogP contribution in [0, 0.1) is 0 Å². The van der Waals surface area contributed by atoms with Gasteiger partial charge in [0.25, 0.3) is 0 Å². The molecule has 2 heterocycles. The van der Waals surface area contributed by atoms with Gasteiger partial charge < -0.3 is 4.90 Å². The fraction of sp³-hybridized carbons (Fsp3) is 0.500. The highest BCUT2D eigenvalue weighted by Crippen LogP contribution is 2.18. The van der Waals surface area contributed by atoms with Crippen LogP contribution in [-0.2, 0) is 0 Å². The Labute approximate surface area is 104 Å². The molecular weight excluding hydrogens is 308 g/mol. The molecule has 1 fully saturated rings. The zero-order chi connectivity index (χ0) is 9.10. The Kier molecular flexibility index (Phi) is 4.89. The minimum atomic E-state index is 0. The van der Waals surface area contributed by atoms with E-state index in [1.807, 2.05) is 6.20 Å². The second kappa shape index (κ2) is 5.71. The number of hydrogen-bond acceptors (Lipinski definition) is 2. The van der Waals surface area contributed by atoms with Crippen molar-refractivity contribution < 1.29 is 0 Å². The number of piperidine rings is 1. The Morgan fingerprint density at radius 2 is 1.86 bits per heavy atom. The average molecular weight is 322 g/mol. The van der Waals surface area contributed by atoms with Crippen LogP contribution >= 0.6 is 32.9 Å². The zero-order valence-electron chi connectivity index (χ0n) is 7.95. The molecule has 0 aromatic carbocycles. The van der Waals surface area contributed by atoms with Crippen LogP contribution in [-0.4, -0.2) is 18.1 Å². The van der Waals surface area contributed by atoms with E-state index in [1.54, 1.807) is 0 Å². The number of aromatic nitrogens is 1. The standard InChI is InChI=1S/C10H13BrN2.BrH/c11-9-4-5-10(12-8-9)13-6-2-1-3-7-13;/h4-5,8H,1-3,6-7H2;1H. The molecule has 0 bridgehead atoms. The first-order chi connectivity index (χ1) is 6.36. The van der Waals surface area contributed by atoms with Crippen LogP contribution in [0.1, 0.15) is 19.3 Å². The number of hydrogen-bond donors (Lipinski definition) is 0. The van der Waals surface area contributed by atoms with Gasteiger partial charge in [-0.05, 0) is 47.3 Å². The molecule has 2 rings (SSSR count). The van der Waals surface area contributed by atoms with E-state index in [-0.39, 0.29) is 17.0 Å². The van der Waals surface area contributed by atoms with Crippen molar-refractivity contribution in [1.29, 1.82) is 0 Å². The van der Waals surface area contributed by atoms with Crippen LogP contribution in [0.25, 0.3) is 0 Å². The molecule has 2 nitrogen and oxygen atoms in total. The molecule has 0 atom stereocenters. The highest BCUT2D eigenvalue weighted by atomic mass is 79.9. The summed E-state index contributed by atoms with van der Waals surface area (Å²) in [5.74, 6) is 1.11. The lowest BCUT2D eigenvalue weighted by molar-refractivity contribution is 0.573. The first-order valence-corrected chi connectivity index (χ1v) is 5.52. The predicted octanol–water partition coefficient (Wildman–Crippen LogP) is 3.41. The summed E-state index contributed by atoms with van der Waals surface area (Å²) in [4.78, 5) is 6.74. The summed E-state index contributed by atoms with van der Waals surface area (Å²) in [7, 11) is 0. The molecule has 0 radical (unpaired) electrons. The lowest BCUT2D eigenvalue weighted by Crippen LogP contribution is -2.29. The lowest BCUT2D eigenvalue weighted by atomic mass is 10.1. The normalized spacial score (nSPS) is 16.2. The molecule has 4 heteroatoms. The number of nitrogens with zero attached hydrogens (tertiary/aromatic N) is 2. The minimum absolute atomic E-state index is 0. The van der Waals surface area contributed by atoms with Gasteiger partial charge in [0.05, 0.1) is 0 Å². The molecule has 14 heavy (non-hydrogen) atoms. The number of anilines is 1. The molecule has 1 aliphatic rings. The van der Waals surface area contributed by atoms with Crippen molar-refractivity contribution in [3.63, 3.8) is 0 Å². The second-order valence-corrected chi connectivity index (χ2v) is 4.30. The van der Waals surface area contributed by atoms with Gasteiger partial charge in [0, 0.05) is 23.8 Å². The van der Waals surface area contributed by atoms with Gasteiger partial charge in [0.1, 0.15) is 5.82 Å². The summed E-state index contributed by atoms with van der Waals surface area (Å²) in [5.41, 5.74) is 0. The quantitative estimate of drug-likeness (QED) is 0.788. The SMILES string of the molecule is Br.Brc1ccc(N2CCCCC2)nc1. The molecule has 1 aliphatic heterocycles. The van der Waals surface area contributed by atoms with Gasteiger partial charge in [-0.15, -0.1) is 17.0 Å². The van der Waals surface area contributed by atoms with Gasteiger partial charge in [-0.2, -0.15) is 0 Å². The van der Waals surface area contributed by atoms with Crippen molar-refractivity contribution in [3.8, 4) is 0 Å². The molecule has 0 spiro atoms. The number of halogens is 2. The molecule has 0 amide bonds. The molecule has 0 saturated carbocycles. The first-order valence-electron chi connectivity index (χ1n) is 4.73. The van der Waals surface area contributed by atoms with Crippen molar-refractivity contribution in [2.24, 2.45) is 0 Å². The summed E-state index contributed by atoms with van der Waals surface area (Å²) < 4.78 is 1.05. The molecular formula is C10H14Br2N2.